The summed E-state index contributed by atoms with van der Waals surface area (Å²) in [6.45, 7) is 7.86. The van der Waals surface area contributed by atoms with Crippen molar-refractivity contribution in [1.82, 2.24) is 14.7 Å². The monoisotopic (exact) mass is 510 g/mol. The summed E-state index contributed by atoms with van der Waals surface area (Å²) in [5, 5.41) is 13.3. The number of hydrogen-bond donors (Lipinski definition) is 1. The van der Waals surface area contributed by atoms with Crippen LogP contribution in [0.3, 0.4) is 0 Å². The van der Waals surface area contributed by atoms with Crippen molar-refractivity contribution in [3.8, 4) is 5.69 Å². The first-order valence-electron chi connectivity index (χ1n) is 11.4. The lowest BCUT2D eigenvalue weighted by Gasteiger charge is -2.31. The number of benzene rings is 2. The number of ether oxygens (including phenoxy) is 1. The van der Waals surface area contributed by atoms with Gasteiger partial charge in [0.1, 0.15) is 5.60 Å². The van der Waals surface area contributed by atoms with Gasteiger partial charge in [-0.2, -0.15) is 5.10 Å². The smallest absolute Gasteiger partial charge is 0.410 e. The Morgan fingerprint density at radius 3 is 2.47 bits per heavy atom. The van der Waals surface area contributed by atoms with E-state index < -0.39 is 17.7 Å². The molecule has 0 spiro atoms. The Morgan fingerprint density at radius 1 is 1.11 bits per heavy atom. The van der Waals surface area contributed by atoms with E-state index in [1.807, 2.05) is 52.0 Å². The topological polar surface area (TPSA) is 105 Å². The van der Waals surface area contributed by atoms with Crippen molar-refractivity contribution in [3.63, 3.8) is 0 Å². The summed E-state index contributed by atoms with van der Waals surface area (Å²) in [5.74, 6) is -1.45. The minimum Gasteiger partial charge on any atom is -0.476 e. The van der Waals surface area contributed by atoms with Crippen LogP contribution >= 0.6 is 11.6 Å². The van der Waals surface area contributed by atoms with E-state index in [2.05, 4.69) is 5.10 Å². The molecule has 36 heavy (non-hydrogen) atoms. The van der Waals surface area contributed by atoms with Gasteiger partial charge in [-0.25, -0.2) is 14.3 Å². The van der Waals surface area contributed by atoms with E-state index in [1.165, 1.54) is 16.9 Å². The SMILES string of the molecule is C[C@@H]1CN(C(=O)c2ccc(-n3ccc(C(=O)O)n3)cc2Cl)c2ccccc2CN1C(=O)OC(C)(C)C. The van der Waals surface area contributed by atoms with Crippen molar-refractivity contribution < 1.29 is 24.2 Å². The van der Waals surface area contributed by atoms with Crippen LogP contribution in [0.5, 0.6) is 0 Å². The highest BCUT2D eigenvalue weighted by Gasteiger charge is 2.34. The Hall–Kier alpha value is -3.85. The Morgan fingerprint density at radius 2 is 1.83 bits per heavy atom. The molecule has 3 aromatic rings. The third-order valence-electron chi connectivity index (χ3n) is 5.73. The fourth-order valence-corrected chi connectivity index (χ4v) is 4.27. The van der Waals surface area contributed by atoms with Gasteiger partial charge in [0.2, 0.25) is 0 Å². The van der Waals surface area contributed by atoms with Gasteiger partial charge in [0.05, 0.1) is 28.9 Å². The number of nitrogens with zero attached hydrogens (tertiary/aromatic N) is 4. The summed E-state index contributed by atoms with van der Waals surface area (Å²) in [6, 6.07) is 13.3. The van der Waals surface area contributed by atoms with Gasteiger partial charge in [-0.05, 0) is 63.6 Å². The molecule has 1 N–H and O–H groups in total. The van der Waals surface area contributed by atoms with Gasteiger partial charge in [-0.1, -0.05) is 29.8 Å². The summed E-state index contributed by atoms with van der Waals surface area (Å²) < 4.78 is 6.99. The number of carbonyl (C=O) groups excluding carboxylic acids is 2. The van der Waals surface area contributed by atoms with Gasteiger partial charge >= 0.3 is 12.1 Å². The highest BCUT2D eigenvalue weighted by Crippen LogP contribution is 2.31. The maximum Gasteiger partial charge on any atom is 0.410 e. The van der Waals surface area contributed by atoms with Crippen LogP contribution in [0.25, 0.3) is 5.69 Å². The normalized spacial score (nSPS) is 15.8. The second kappa shape index (κ2) is 9.66. The van der Waals surface area contributed by atoms with Gasteiger partial charge in [0.15, 0.2) is 5.69 Å². The first-order valence-corrected chi connectivity index (χ1v) is 11.8. The van der Waals surface area contributed by atoms with Gasteiger partial charge in [0.25, 0.3) is 5.91 Å². The van der Waals surface area contributed by atoms with Gasteiger partial charge in [0, 0.05) is 18.4 Å². The Bertz CT molecular complexity index is 1330. The van der Waals surface area contributed by atoms with Crippen LogP contribution < -0.4 is 4.90 Å². The number of hydrogen-bond acceptors (Lipinski definition) is 5. The van der Waals surface area contributed by atoms with Crippen molar-refractivity contribution in [2.75, 3.05) is 11.4 Å². The number of amides is 2. The minimum atomic E-state index is -1.14. The average Bonchev–Trinajstić information content (AvgIpc) is 3.25. The van der Waals surface area contributed by atoms with Crippen LogP contribution in [0.4, 0.5) is 10.5 Å². The molecule has 2 aromatic carbocycles. The molecule has 0 saturated heterocycles. The molecule has 0 unspecified atom stereocenters. The molecule has 2 heterocycles. The first-order chi connectivity index (χ1) is 16.9. The van der Waals surface area contributed by atoms with Gasteiger partial charge < -0.3 is 14.7 Å². The van der Waals surface area contributed by atoms with Crippen molar-refractivity contribution in [3.05, 3.63) is 76.6 Å². The van der Waals surface area contributed by atoms with Gasteiger partial charge in [-0.15, -0.1) is 0 Å². The van der Waals surface area contributed by atoms with Crippen molar-refractivity contribution in [1.29, 1.82) is 0 Å². The van der Waals surface area contributed by atoms with Gasteiger partial charge in [-0.3, -0.25) is 9.69 Å². The molecule has 1 aliphatic heterocycles. The zero-order valence-corrected chi connectivity index (χ0v) is 21.2. The quantitative estimate of drug-likeness (QED) is 0.531. The van der Waals surface area contributed by atoms with E-state index in [1.54, 1.807) is 28.0 Å². The van der Waals surface area contributed by atoms with Crippen LogP contribution in [-0.2, 0) is 11.3 Å². The maximum atomic E-state index is 13.7. The lowest BCUT2D eigenvalue weighted by Crippen LogP contribution is -2.46. The molecular weight excluding hydrogens is 484 g/mol. The van der Waals surface area contributed by atoms with E-state index in [4.69, 9.17) is 21.4 Å². The van der Waals surface area contributed by atoms with E-state index in [9.17, 15) is 14.4 Å². The lowest BCUT2D eigenvalue weighted by atomic mass is 10.1. The molecule has 0 bridgehead atoms. The first kappa shape index (κ1) is 25.2. The number of carboxylic acid groups (broad SMARTS) is 1. The number of rotatable bonds is 3. The summed E-state index contributed by atoms with van der Waals surface area (Å²) in [6.07, 6.45) is 1.07. The van der Waals surface area contributed by atoms with Crippen LogP contribution in [-0.4, -0.2) is 55.9 Å². The fraction of sp³-hybridized carbons (Fsp3) is 0.308. The summed E-state index contributed by atoms with van der Waals surface area (Å²) in [5.41, 5.74) is 1.55. The molecule has 188 valence electrons. The summed E-state index contributed by atoms with van der Waals surface area (Å²) >= 11 is 6.53. The second-order valence-corrected chi connectivity index (χ2v) is 10.0. The van der Waals surface area contributed by atoms with Crippen LogP contribution in [0.1, 0.15) is 54.1 Å². The zero-order chi connectivity index (χ0) is 26.2. The molecule has 4 rings (SSSR count). The third kappa shape index (κ3) is 5.21. The number of aromatic carboxylic acids is 1. The van der Waals surface area contributed by atoms with E-state index in [0.717, 1.165) is 5.56 Å². The van der Waals surface area contributed by atoms with Crippen molar-refractivity contribution >= 4 is 35.3 Å². The van der Waals surface area contributed by atoms with E-state index in [0.29, 0.717) is 17.9 Å². The molecule has 1 atom stereocenters. The molecule has 0 saturated carbocycles. The molecule has 10 heteroatoms. The number of aromatic nitrogens is 2. The van der Waals surface area contributed by atoms with Crippen molar-refractivity contribution in [2.24, 2.45) is 0 Å². The van der Waals surface area contributed by atoms with Crippen molar-refractivity contribution in [2.45, 2.75) is 45.9 Å². The average molecular weight is 511 g/mol. The highest BCUT2D eigenvalue weighted by atomic mass is 35.5. The van der Waals surface area contributed by atoms with E-state index >= 15 is 0 Å². The summed E-state index contributed by atoms with van der Waals surface area (Å²) in [4.78, 5) is 41.1. The molecule has 0 aliphatic carbocycles. The summed E-state index contributed by atoms with van der Waals surface area (Å²) in [7, 11) is 0. The number of anilines is 1. The predicted octanol–water partition coefficient (Wildman–Crippen LogP) is 5.01. The molecular formula is C26H27ClN4O5. The van der Waals surface area contributed by atoms with E-state index in [-0.39, 0.29) is 34.8 Å². The Kier molecular flexibility index (Phi) is 6.77. The molecule has 1 aliphatic rings. The Labute approximate surface area is 213 Å². The molecule has 2 amide bonds. The molecule has 0 fully saturated rings. The zero-order valence-electron chi connectivity index (χ0n) is 20.4. The predicted molar refractivity (Wildman–Crippen MR) is 135 cm³/mol. The lowest BCUT2D eigenvalue weighted by molar-refractivity contribution is 0.0167. The van der Waals surface area contributed by atoms with Crippen LogP contribution in [0, 0.1) is 0 Å². The fourth-order valence-electron chi connectivity index (χ4n) is 4.01. The van der Waals surface area contributed by atoms with Crippen LogP contribution in [0.2, 0.25) is 5.02 Å². The number of carbonyl (C=O) groups is 3. The second-order valence-electron chi connectivity index (χ2n) is 9.62. The largest absolute Gasteiger partial charge is 0.476 e. The standard InChI is InChI=1S/C26H27ClN4O5/c1-16-14-30(22-8-6-5-7-17(22)15-29(16)25(35)36-26(2,3)4)23(32)19-10-9-18(13-20(19)27)31-12-11-21(28-31)24(33)34/h5-13,16H,14-15H2,1-4H3,(H,33,34)/t16-/m1/s1. The third-order valence-corrected chi connectivity index (χ3v) is 6.04. The minimum absolute atomic E-state index is 0.101. The number of carboxylic acids is 1. The Balaban J connectivity index is 1.65. The number of fused-ring (bicyclic) bond motifs is 1. The number of para-hydroxylation sites is 1. The van der Waals surface area contributed by atoms with Crippen LogP contribution in [0.15, 0.2) is 54.7 Å². The molecule has 0 radical (unpaired) electrons. The molecule has 1 aromatic heterocycles. The number of halogens is 1. The maximum absolute atomic E-state index is 13.7. The molecule has 9 nitrogen and oxygen atoms in total. The highest BCUT2D eigenvalue weighted by molar-refractivity contribution is 6.34.